The molecule has 1 aromatic carbocycles. The Balaban J connectivity index is 2.36. The number of halogens is 1. The Morgan fingerprint density at radius 2 is 2.00 bits per heavy atom. The first-order valence-electron chi connectivity index (χ1n) is 4.66. The molecule has 0 saturated carbocycles. The molecular formula is C11H9FN2O2. The molecule has 82 valence electrons. The van der Waals surface area contributed by atoms with Crippen molar-refractivity contribution in [1.29, 1.82) is 0 Å². The second kappa shape index (κ2) is 4.14. The molecule has 0 spiro atoms. The Labute approximate surface area is 90.9 Å². The first kappa shape index (κ1) is 10.4. The Bertz CT molecular complexity index is 505. The van der Waals surface area contributed by atoms with Gasteiger partial charge in [0.1, 0.15) is 12.4 Å². The molecule has 0 unspecified atom stereocenters. The van der Waals surface area contributed by atoms with Crippen LogP contribution in [0.15, 0.2) is 36.5 Å². The second-order valence-electron chi connectivity index (χ2n) is 3.27. The van der Waals surface area contributed by atoms with Crippen LogP contribution < -0.4 is 0 Å². The lowest BCUT2D eigenvalue weighted by molar-refractivity contribution is -0.137. The minimum atomic E-state index is -0.966. The van der Waals surface area contributed by atoms with E-state index in [0.29, 0.717) is 5.69 Å². The van der Waals surface area contributed by atoms with Gasteiger partial charge in [-0.15, -0.1) is 0 Å². The van der Waals surface area contributed by atoms with E-state index in [4.69, 9.17) is 5.11 Å². The summed E-state index contributed by atoms with van der Waals surface area (Å²) in [5.74, 6) is -1.29. The molecule has 0 saturated heterocycles. The molecule has 1 N–H and O–H groups in total. The SMILES string of the molecule is O=C(O)Cn1nccc1-c1ccc(F)cc1. The van der Waals surface area contributed by atoms with Gasteiger partial charge in [0.15, 0.2) is 0 Å². The van der Waals surface area contributed by atoms with E-state index in [2.05, 4.69) is 5.10 Å². The minimum absolute atomic E-state index is 0.209. The zero-order valence-corrected chi connectivity index (χ0v) is 8.30. The van der Waals surface area contributed by atoms with Gasteiger partial charge in [0.05, 0.1) is 5.69 Å². The summed E-state index contributed by atoms with van der Waals surface area (Å²) in [5, 5.41) is 12.6. The summed E-state index contributed by atoms with van der Waals surface area (Å²) >= 11 is 0. The van der Waals surface area contributed by atoms with Crippen LogP contribution in [0.1, 0.15) is 0 Å². The highest BCUT2D eigenvalue weighted by Crippen LogP contribution is 2.18. The lowest BCUT2D eigenvalue weighted by Crippen LogP contribution is -2.11. The van der Waals surface area contributed by atoms with Crippen molar-refractivity contribution >= 4 is 5.97 Å². The van der Waals surface area contributed by atoms with Gasteiger partial charge >= 0.3 is 5.97 Å². The monoisotopic (exact) mass is 220 g/mol. The molecule has 16 heavy (non-hydrogen) atoms. The molecule has 1 aromatic heterocycles. The number of aliphatic carboxylic acids is 1. The molecule has 0 amide bonds. The van der Waals surface area contributed by atoms with Crippen LogP contribution >= 0.6 is 0 Å². The molecule has 0 atom stereocenters. The van der Waals surface area contributed by atoms with Crippen LogP contribution in [0.25, 0.3) is 11.3 Å². The minimum Gasteiger partial charge on any atom is -0.480 e. The quantitative estimate of drug-likeness (QED) is 0.857. The number of benzene rings is 1. The molecule has 2 rings (SSSR count). The zero-order chi connectivity index (χ0) is 11.5. The Kier molecular flexibility index (Phi) is 2.68. The lowest BCUT2D eigenvalue weighted by Gasteiger charge is -2.04. The molecule has 2 aromatic rings. The molecule has 0 aliphatic heterocycles. The van der Waals surface area contributed by atoms with Crippen LogP contribution in [0.5, 0.6) is 0 Å². The number of nitrogens with zero attached hydrogens (tertiary/aromatic N) is 2. The van der Waals surface area contributed by atoms with Crippen LogP contribution in [0.3, 0.4) is 0 Å². The normalized spacial score (nSPS) is 10.3. The van der Waals surface area contributed by atoms with Gasteiger partial charge in [-0.25, -0.2) is 4.39 Å². The first-order valence-corrected chi connectivity index (χ1v) is 4.66. The smallest absolute Gasteiger partial charge is 0.325 e. The summed E-state index contributed by atoms with van der Waals surface area (Å²) < 4.78 is 14.1. The molecule has 0 aliphatic rings. The Morgan fingerprint density at radius 1 is 1.31 bits per heavy atom. The van der Waals surface area contributed by atoms with Crippen LogP contribution in [-0.4, -0.2) is 20.9 Å². The summed E-state index contributed by atoms with van der Waals surface area (Å²) in [6.07, 6.45) is 1.52. The predicted octanol–water partition coefficient (Wildman–Crippen LogP) is 1.77. The van der Waals surface area contributed by atoms with Gasteiger partial charge in [0, 0.05) is 11.8 Å². The fourth-order valence-corrected chi connectivity index (χ4v) is 1.45. The van der Waals surface area contributed by atoms with E-state index in [9.17, 15) is 9.18 Å². The van der Waals surface area contributed by atoms with E-state index in [1.165, 1.54) is 23.0 Å². The highest BCUT2D eigenvalue weighted by molar-refractivity contribution is 5.68. The van der Waals surface area contributed by atoms with Crippen molar-refractivity contribution in [2.24, 2.45) is 0 Å². The first-order chi connectivity index (χ1) is 7.66. The van der Waals surface area contributed by atoms with Crippen molar-refractivity contribution in [3.05, 3.63) is 42.3 Å². The number of carboxylic acid groups (broad SMARTS) is 1. The van der Waals surface area contributed by atoms with Gasteiger partial charge in [-0.2, -0.15) is 5.10 Å². The fraction of sp³-hybridized carbons (Fsp3) is 0.0909. The van der Waals surface area contributed by atoms with Crippen LogP contribution in [-0.2, 0) is 11.3 Å². The number of hydrogen-bond donors (Lipinski definition) is 1. The summed E-state index contributed by atoms with van der Waals surface area (Å²) in [7, 11) is 0. The maximum absolute atomic E-state index is 12.7. The molecule has 0 aliphatic carbocycles. The number of carboxylic acids is 1. The van der Waals surface area contributed by atoms with Crippen molar-refractivity contribution in [2.45, 2.75) is 6.54 Å². The molecular weight excluding hydrogens is 211 g/mol. The summed E-state index contributed by atoms with van der Waals surface area (Å²) in [5.41, 5.74) is 1.39. The molecule has 0 fully saturated rings. The number of aromatic nitrogens is 2. The van der Waals surface area contributed by atoms with Crippen molar-refractivity contribution in [2.75, 3.05) is 0 Å². The summed E-state index contributed by atoms with van der Waals surface area (Å²) in [6.45, 7) is -0.209. The van der Waals surface area contributed by atoms with Crippen molar-refractivity contribution in [3.8, 4) is 11.3 Å². The molecule has 5 heteroatoms. The van der Waals surface area contributed by atoms with E-state index in [1.807, 2.05) is 0 Å². The zero-order valence-electron chi connectivity index (χ0n) is 8.30. The highest BCUT2D eigenvalue weighted by atomic mass is 19.1. The van der Waals surface area contributed by atoms with Crippen LogP contribution in [0.4, 0.5) is 4.39 Å². The van der Waals surface area contributed by atoms with Gasteiger partial charge in [0.2, 0.25) is 0 Å². The van der Waals surface area contributed by atoms with E-state index < -0.39 is 5.97 Å². The van der Waals surface area contributed by atoms with Gasteiger partial charge in [-0.3, -0.25) is 9.48 Å². The Hall–Kier alpha value is -2.17. The third-order valence-corrected chi connectivity index (χ3v) is 2.14. The van der Waals surface area contributed by atoms with Gasteiger partial charge < -0.3 is 5.11 Å². The lowest BCUT2D eigenvalue weighted by atomic mass is 10.1. The predicted molar refractivity (Wildman–Crippen MR) is 55.3 cm³/mol. The summed E-state index contributed by atoms with van der Waals surface area (Å²) in [4.78, 5) is 10.6. The molecule has 0 radical (unpaired) electrons. The maximum atomic E-state index is 12.7. The van der Waals surface area contributed by atoms with E-state index in [0.717, 1.165) is 5.56 Å². The topological polar surface area (TPSA) is 55.1 Å². The van der Waals surface area contributed by atoms with Gasteiger partial charge in [-0.1, -0.05) is 0 Å². The number of hydrogen-bond acceptors (Lipinski definition) is 2. The maximum Gasteiger partial charge on any atom is 0.325 e. The fourth-order valence-electron chi connectivity index (χ4n) is 1.45. The average Bonchev–Trinajstić information content (AvgIpc) is 2.66. The van der Waals surface area contributed by atoms with E-state index in [-0.39, 0.29) is 12.4 Å². The van der Waals surface area contributed by atoms with Crippen molar-refractivity contribution in [3.63, 3.8) is 0 Å². The largest absolute Gasteiger partial charge is 0.480 e. The van der Waals surface area contributed by atoms with E-state index in [1.54, 1.807) is 18.2 Å². The second-order valence-corrected chi connectivity index (χ2v) is 3.27. The molecule has 1 heterocycles. The van der Waals surface area contributed by atoms with Crippen molar-refractivity contribution in [1.82, 2.24) is 9.78 Å². The third-order valence-electron chi connectivity index (χ3n) is 2.14. The van der Waals surface area contributed by atoms with Crippen LogP contribution in [0, 0.1) is 5.82 Å². The number of rotatable bonds is 3. The standard InChI is InChI=1S/C11H9FN2O2/c12-9-3-1-8(2-4-9)10-5-6-13-14(10)7-11(15)16/h1-6H,7H2,(H,15,16). The number of carbonyl (C=O) groups is 1. The van der Waals surface area contributed by atoms with Gasteiger partial charge in [-0.05, 0) is 30.3 Å². The molecule has 0 bridgehead atoms. The molecule has 4 nitrogen and oxygen atoms in total. The van der Waals surface area contributed by atoms with E-state index >= 15 is 0 Å². The average molecular weight is 220 g/mol. The Morgan fingerprint density at radius 3 is 2.62 bits per heavy atom. The van der Waals surface area contributed by atoms with Crippen LogP contribution in [0.2, 0.25) is 0 Å². The van der Waals surface area contributed by atoms with Crippen molar-refractivity contribution < 1.29 is 14.3 Å². The summed E-state index contributed by atoms with van der Waals surface area (Å²) in [6, 6.07) is 7.52. The highest BCUT2D eigenvalue weighted by Gasteiger charge is 2.08. The van der Waals surface area contributed by atoms with Gasteiger partial charge in [0.25, 0.3) is 0 Å². The third kappa shape index (κ3) is 2.08.